The van der Waals surface area contributed by atoms with Crippen LogP contribution in [0.25, 0.3) is 0 Å². The highest BCUT2D eigenvalue weighted by molar-refractivity contribution is 7.45. The third-order valence-corrected chi connectivity index (χ3v) is 17.3. The molecule has 0 heterocycles. The summed E-state index contributed by atoms with van der Waals surface area (Å²) in [5.41, 5.74) is 0. The van der Waals surface area contributed by atoms with Crippen LogP contribution in [0, 0.1) is 0 Å². The van der Waals surface area contributed by atoms with E-state index in [0.29, 0.717) is 23.9 Å². The molecule has 0 saturated heterocycles. The molecular weight excluding hydrogens is 1100 g/mol. The van der Waals surface area contributed by atoms with E-state index in [9.17, 15) is 19.0 Å². The van der Waals surface area contributed by atoms with Gasteiger partial charge < -0.3 is 28.5 Å². The number of hydrogen-bond donors (Lipinski definition) is 1. The normalized spacial score (nSPS) is 14.0. The predicted molar refractivity (Wildman–Crippen MR) is 376 cm³/mol. The molecule has 1 amide bonds. The molecule has 10 heteroatoms. The van der Waals surface area contributed by atoms with Crippen LogP contribution in [0.4, 0.5) is 0 Å². The van der Waals surface area contributed by atoms with E-state index in [1.54, 1.807) is 0 Å². The van der Waals surface area contributed by atoms with Gasteiger partial charge in [-0.25, -0.2) is 0 Å². The van der Waals surface area contributed by atoms with E-state index in [0.717, 1.165) is 103 Å². The number of rotatable bonds is 67. The monoisotopic (exact) mass is 1240 g/mol. The molecule has 0 aliphatic heterocycles. The molecule has 0 aromatic carbocycles. The zero-order valence-corrected chi connectivity index (χ0v) is 58.9. The van der Waals surface area contributed by atoms with Crippen molar-refractivity contribution in [1.29, 1.82) is 0 Å². The molecule has 0 aliphatic carbocycles. The lowest BCUT2D eigenvalue weighted by Gasteiger charge is -2.30. The van der Waals surface area contributed by atoms with Gasteiger partial charge in [-0.05, 0) is 102 Å². The van der Waals surface area contributed by atoms with Gasteiger partial charge in [-0.15, -0.1) is 0 Å². The van der Waals surface area contributed by atoms with Crippen molar-refractivity contribution in [1.82, 2.24) is 5.32 Å². The van der Waals surface area contributed by atoms with Crippen molar-refractivity contribution >= 4 is 19.7 Å². The van der Waals surface area contributed by atoms with Gasteiger partial charge in [0.1, 0.15) is 19.3 Å². The number of amides is 1. The van der Waals surface area contributed by atoms with Crippen LogP contribution < -0.4 is 10.2 Å². The Balaban J connectivity index is 5.06. The molecule has 0 aromatic rings. The fourth-order valence-electron chi connectivity index (χ4n) is 10.7. The standard InChI is InChI=1S/C77H141N2O7P/c1-7-10-13-16-19-22-25-28-30-32-34-36-37-38-39-40-41-43-44-46-48-51-54-57-60-63-66-69-76(80)78-74(73-85-87(82,83)84-72-71-79(4,5)6)75(68-65-62-59-56-53-50-27-24-21-18-15-12-9-3)86-77(81)70-67-64-61-58-55-52-49-47-45-42-35-33-31-29-26-23-20-17-14-11-8-2/h11,14,20,23,28-31,35,42,47,49,65,68,74-75H,7-10,12-13,15-19,21-22,24-27,32-34,36-41,43-46,48,50-64,66-67,69-73H2,1-6H3,(H-,78,80,82,83)/b14-11-,23-20-,30-28+,31-29-,42-35-,49-47-,68-65-. The molecule has 0 spiro atoms. The maximum Gasteiger partial charge on any atom is 0.306 e. The van der Waals surface area contributed by atoms with E-state index < -0.39 is 26.6 Å². The minimum absolute atomic E-state index is 0.0274. The van der Waals surface area contributed by atoms with Crippen LogP contribution in [0.1, 0.15) is 342 Å². The van der Waals surface area contributed by atoms with Gasteiger partial charge in [0, 0.05) is 12.8 Å². The average molecular weight is 1240 g/mol. The zero-order chi connectivity index (χ0) is 63.5. The predicted octanol–water partition coefficient (Wildman–Crippen LogP) is 23.0. The Bertz CT molecular complexity index is 1760. The van der Waals surface area contributed by atoms with Gasteiger partial charge in [0.15, 0.2) is 0 Å². The van der Waals surface area contributed by atoms with Crippen LogP contribution in [0.5, 0.6) is 0 Å². The lowest BCUT2D eigenvalue weighted by molar-refractivity contribution is -0.870. The highest BCUT2D eigenvalue weighted by atomic mass is 31.2. The molecule has 0 bridgehead atoms. The van der Waals surface area contributed by atoms with Gasteiger partial charge in [0.2, 0.25) is 5.91 Å². The number of nitrogens with zero attached hydrogens (tertiary/aromatic N) is 1. The molecule has 0 radical (unpaired) electrons. The second-order valence-electron chi connectivity index (χ2n) is 26.1. The molecule has 0 aromatic heterocycles. The lowest BCUT2D eigenvalue weighted by Crippen LogP contribution is -2.47. The summed E-state index contributed by atoms with van der Waals surface area (Å²) in [6, 6.07) is -0.901. The number of phosphoric acid groups is 1. The number of likely N-dealkylation sites (N-methyl/N-ethyl adjacent to an activating group) is 1. The number of carbonyl (C=O) groups excluding carboxylic acids is 2. The fourth-order valence-corrected chi connectivity index (χ4v) is 11.4. The number of phosphoric ester groups is 1. The number of nitrogens with one attached hydrogen (secondary N) is 1. The molecule has 3 atom stereocenters. The van der Waals surface area contributed by atoms with E-state index >= 15 is 0 Å². The molecule has 1 N–H and O–H groups in total. The van der Waals surface area contributed by atoms with Crippen molar-refractivity contribution in [3.8, 4) is 0 Å². The Hall–Kier alpha value is -2.81. The Morgan fingerprint density at radius 2 is 0.736 bits per heavy atom. The Morgan fingerprint density at radius 1 is 0.414 bits per heavy atom. The molecule has 0 saturated carbocycles. The maximum absolute atomic E-state index is 13.6. The number of hydrogen-bond acceptors (Lipinski definition) is 7. The van der Waals surface area contributed by atoms with Crippen LogP contribution in [0.2, 0.25) is 0 Å². The van der Waals surface area contributed by atoms with E-state index in [2.05, 4.69) is 99.0 Å². The molecular formula is C77H141N2O7P. The number of ether oxygens (including phenoxy) is 1. The summed E-state index contributed by atoms with van der Waals surface area (Å²) in [7, 11) is 1.18. The van der Waals surface area contributed by atoms with Crippen molar-refractivity contribution in [3.05, 3.63) is 85.1 Å². The average Bonchev–Trinajstić information content (AvgIpc) is 3.70. The van der Waals surface area contributed by atoms with Crippen molar-refractivity contribution in [3.63, 3.8) is 0 Å². The molecule has 0 rings (SSSR count). The Kier molecular flexibility index (Phi) is 64.0. The summed E-state index contributed by atoms with van der Waals surface area (Å²) in [5.74, 6) is -0.553. The topological polar surface area (TPSA) is 114 Å². The van der Waals surface area contributed by atoms with Crippen molar-refractivity contribution in [2.75, 3.05) is 40.9 Å². The Morgan fingerprint density at radius 3 is 1.11 bits per heavy atom. The summed E-state index contributed by atoms with van der Waals surface area (Å²) in [6.07, 6.45) is 88.6. The molecule has 3 unspecified atom stereocenters. The molecule has 0 aliphatic rings. The number of allylic oxidation sites excluding steroid dienone is 13. The highest BCUT2D eigenvalue weighted by Crippen LogP contribution is 2.38. The van der Waals surface area contributed by atoms with Gasteiger partial charge >= 0.3 is 5.97 Å². The van der Waals surface area contributed by atoms with Crippen LogP contribution >= 0.6 is 7.82 Å². The summed E-state index contributed by atoms with van der Waals surface area (Å²) in [4.78, 5) is 40.2. The summed E-state index contributed by atoms with van der Waals surface area (Å²) in [6.45, 7) is 6.75. The minimum atomic E-state index is -4.71. The van der Waals surface area contributed by atoms with Gasteiger partial charge in [-0.2, -0.15) is 0 Å². The Labute approximate surface area is 539 Å². The largest absolute Gasteiger partial charge is 0.756 e. The summed E-state index contributed by atoms with van der Waals surface area (Å²) in [5, 5.41) is 3.05. The summed E-state index contributed by atoms with van der Waals surface area (Å²) >= 11 is 0. The van der Waals surface area contributed by atoms with Gasteiger partial charge in [-0.1, -0.05) is 312 Å². The smallest absolute Gasteiger partial charge is 0.306 e. The van der Waals surface area contributed by atoms with Gasteiger partial charge in [0.25, 0.3) is 7.82 Å². The zero-order valence-electron chi connectivity index (χ0n) is 58.0. The first-order chi connectivity index (χ1) is 42.4. The highest BCUT2D eigenvalue weighted by Gasteiger charge is 2.27. The van der Waals surface area contributed by atoms with Crippen LogP contribution in [-0.4, -0.2) is 69.4 Å². The minimum Gasteiger partial charge on any atom is -0.756 e. The third-order valence-electron chi connectivity index (χ3n) is 16.3. The second kappa shape index (κ2) is 66.1. The van der Waals surface area contributed by atoms with Crippen molar-refractivity contribution in [2.45, 2.75) is 354 Å². The molecule has 0 fully saturated rings. The molecule has 9 nitrogen and oxygen atoms in total. The van der Waals surface area contributed by atoms with Crippen molar-refractivity contribution < 1.29 is 37.3 Å². The first-order valence-corrected chi connectivity index (χ1v) is 38.4. The first-order valence-electron chi connectivity index (χ1n) is 36.9. The SMILES string of the molecule is CC/C=C\C/C=C\C/C=C\C/C=C\C/C=C\CCCCCCCC(=O)OC(/C=C\CCCCCCCCCCCCC)C(COP(=O)([O-])OCC[N+](C)(C)C)NC(=O)CCCCCCCCCCCCCCCCCCC/C=C/CCCCCCCC. The van der Waals surface area contributed by atoms with Crippen LogP contribution in [0.15, 0.2) is 85.1 Å². The van der Waals surface area contributed by atoms with E-state index in [-0.39, 0.29) is 24.9 Å². The molecule has 506 valence electrons. The third kappa shape index (κ3) is 67.4. The maximum atomic E-state index is 13.6. The fraction of sp³-hybridized carbons (Fsp3) is 0.792. The first kappa shape index (κ1) is 84.2. The van der Waals surface area contributed by atoms with E-state index in [1.165, 1.54) is 199 Å². The lowest BCUT2D eigenvalue weighted by atomic mass is 10.0. The number of carbonyl (C=O) groups is 2. The molecule has 87 heavy (non-hydrogen) atoms. The number of unbranched alkanes of at least 4 members (excludes halogenated alkanes) is 39. The summed E-state index contributed by atoms with van der Waals surface area (Å²) < 4.78 is 30.5. The van der Waals surface area contributed by atoms with Crippen LogP contribution in [0.3, 0.4) is 0 Å². The van der Waals surface area contributed by atoms with Crippen molar-refractivity contribution in [2.24, 2.45) is 0 Å². The van der Waals surface area contributed by atoms with E-state index in [1.807, 2.05) is 33.3 Å². The van der Waals surface area contributed by atoms with Gasteiger partial charge in [-0.3, -0.25) is 14.2 Å². The van der Waals surface area contributed by atoms with E-state index in [4.69, 9.17) is 13.8 Å². The number of quaternary nitrogens is 1. The number of esters is 1. The van der Waals surface area contributed by atoms with Gasteiger partial charge in [0.05, 0.1) is 33.8 Å². The quantitative estimate of drug-likeness (QED) is 0.0212. The van der Waals surface area contributed by atoms with Crippen LogP contribution in [-0.2, 0) is 27.9 Å². The second-order valence-corrected chi connectivity index (χ2v) is 27.5.